The summed E-state index contributed by atoms with van der Waals surface area (Å²) in [6, 6.07) is 10.0. The van der Waals surface area contributed by atoms with Crippen LogP contribution in [0, 0.1) is 0 Å². The fourth-order valence-corrected chi connectivity index (χ4v) is 4.04. The van der Waals surface area contributed by atoms with E-state index in [9.17, 15) is 9.59 Å². The van der Waals surface area contributed by atoms with E-state index in [1.807, 2.05) is 30.3 Å². The van der Waals surface area contributed by atoms with Gasteiger partial charge < -0.3 is 14.3 Å². The van der Waals surface area contributed by atoms with Gasteiger partial charge in [-0.05, 0) is 24.8 Å². The third-order valence-corrected chi connectivity index (χ3v) is 5.66. The van der Waals surface area contributed by atoms with E-state index in [1.165, 1.54) is 5.56 Å². The van der Waals surface area contributed by atoms with E-state index >= 15 is 0 Å². The van der Waals surface area contributed by atoms with Gasteiger partial charge >= 0.3 is 0 Å². The molecule has 4 rings (SSSR count). The predicted molar refractivity (Wildman–Crippen MR) is 100.0 cm³/mol. The molecule has 1 saturated heterocycles. The Kier molecular flexibility index (Phi) is 4.97. The van der Waals surface area contributed by atoms with Crippen LogP contribution >= 0.6 is 0 Å². The zero-order valence-electron chi connectivity index (χ0n) is 15.7. The molecule has 2 heterocycles. The van der Waals surface area contributed by atoms with Crippen molar-refractivity contribution in [1.29, 1.82) is 0 Å². The topological polar surface area (TPSA) is 66.7 Å². The van der Waals surface area contributed by atoms with Crippen LogP contribution in [0.15, 0.2) is 34.9 Å². The second-order valence-corrected chi connectivity index (χ2v) is 7.57. The Morgan fingerprint density at radius 2 is 2.04 bits per heavy atom. The van der Waals surface area contributed by atoms with Crippen molar-refractivity contribution >= 4 is 11.8 Å². The van der Waals surface area contributed by atoms with Crippen molar-refractivity contribution in [2.24, 2.45) is 0 Å². The van der Waals surface area contributed by atoms with Gasteiger partial charge in [-0.1, -0.05) is 35.5 Å². The van der Waals surface area contributed by atoms with E-state index in [0.717, 1.165) is 42.7 Å². The van der Waals surface area contributed by atoms with Crippen molar-refractivity contribution < 1.29 is 14.1 Å². The molecule has 0 saturated carbocycles. The molecule has 2 aromatic rings. The molecular formula is C21H25N3O3. The van der Waals surface area contributed by atoms with E-state index in [1.54, 1.807) is 16.8 Å². The van der Waals surface area contributed by atoms with Crippen molar-refractivity contribution in [3.05, 3.63) is 52.9 Å². The second-order valence-electron chi connectivity index (χ2n) is 7.57. The first kappa shape index (κ1) is 17.8. The van der Waals surface area contributed by atoms with Gasteiger partial charge in [-0.2, -0.15) is 0 Å². The van der Waals surface area contributed by atoms with E-state index in [-0.39, 0.29) is 24.3 Å². The van der Waals surface area contributed by atoms with Crippen LogP contribution < -0.4 is 0 Å². The number of aryl methyl sites for hydroxylation is 1. The van der Waals surface area contributed by atoms with Gasteiger partial charge in [-0.15, -0.1) is 0 Å². The number of hydrogen-bond acceptors (Lipinski definition) is 4. The van der Waals surface area contributed by atoms with Gasteiger partial charge in [0, 0.05) is 37.9 Å². The van der Waals surface area contributed by atoms with Gasteiger partial charge in [0.2, 0.25) is 11.8 Å². The number of rotatable bonds is 5. The molecule has 1 aliphatic heterocycles. The number of carbonyl (C=O) groups excluding carboxylic acids is 2. The summed E-state index contributed by atoms with van der Waals surface area (Å²) >= 11 is 0. The van der Waals surface area contributed by atoms with E-state index in [4.69, 9.17) is 4.52 Å². The fraction of sp³-hybridized carbons (Fsp3) is 0.476. The van der Waals surface area contributed by atoms with Crippen LogP contribution in [0.1, 0.15) is 47.8 Å². The Bertz CT molecular complexity index is 830. The maximum Gasteiger partial charge on any atom is 0.242 e. The first-order valence-corrected chi connectivity index (χ1v) is 9.65. The minimum absolute atomic E-state index is 0.0458. The molecule has 1 aromatic heterocycles. The average molecular weight is 367 g/mol. The molecule has 6 heteroatoms. The van der Waals surface area contributed by atoms with Gasteiger partial charge in [0.25, 0.3) is 0 Å². The van der Waals surface area contributed by atoms with Gasteiger partial charge in [-0.25, -0.2) is 0 Å². The molecule has 6 nitrogen and oxygen atoms in total. The second kappa shape index (κ2) is 7.55. The predicted octanol–water partition coefficient (Wildman–Crippen LogP) is 2.53. The Labute approximate surface area is 159 Å². The molecule has 2 amide bonds. The summed E-state index contributed by atoms with van der Waals surface area (Å²) in [5, 5.41) is 4.17. The lowest BCUT2D eigenvalue weighted by atomic mass is 9.96. The Morgan fingerprint density at radius 3 is 2.85 bits per heavy atom. The van der Waals surface area contributed by atoms with Crippen LogP contribution in [0.25, 0.3) is 0 Å². The smallest absolute Gasteiger partial charge is 0.242 e. The zero-order chi connectivity index (χ0) is 18.8. The molecule has 0 bridgehead atoms. The lowest BCUT2D eigenvalue weighted by Gasteiger charge is -2.22. The number of nitrogens with zero attached hydrogens (tertiary/aromatic N) is 3. The lowest BCUT2D eigenvalue weighted by Crippen LogP contribution is -2.39. The number of likely N-dealkylation sites (tertiary alicyclic amines) is 1. The number of carbonyl (C=O) groups is 2. The molecule has 1 aliphatic carbocycles. The minimum Gasteiger partial charge on any atom is -0.361 e. The first-order chi connectivity index (χ1) is 13.1. The highest BCUT2D eigenvalue weighted by Gasteiger charge is 2.32. The highest BCUT2D eigenvalue weighted by molar-refractivity contribution is 5.86. The maximum atomic E-state index is 12.7. The summed E-state index contributed by atoms with van der Waals surface area (Å²) in [7, 11) is 1.77. The van der Waals surface area contributed by atoms with Crippen LogP contribution in [0.2, 0.25) is 0 Å². The van der Waals surface area contributed by atoms with Gasteiger partial charge in [0.05, 0.1) is 13.1 Å². The summed E-state index contributed by atoms with van der Waals surface area (Å²) in [4.78, 5) is 28.3. The highest BCUT2D eigenvalue weighted by atomic mass is 16.5. The molecule has 27 heavy (non-hydrogen) atoms. The Morgan fingerprint density at radius 1 is 1.26 bits per heavy atom. The largest absolute Gasteiger partial charge is 0.361 e. The summed E-state index contributed by atoms with van der Waals surface area (Å²) in [5.41, 5.74) is 3.18. The molecule has 0 radical (unpaired) electrons. The summed E-state index contributed by atoms with van der Waals surface area (Å²) in [6.45, 7) is 1.16. The quantitative estimate of drug-likeness (QED) is 0.814. The summed E-state index contributed by atoms with van der Waals surface area (Å²) in [5.74, 6) is 1.12. The summed E-state index contributed by atoms with van der Waals surface area (Å²) in [6.07, 6.45) is 4.65. The normalized spacial score (nSPS) is 19.2. The van der Waals surface area contributed by atoms with Crippen LogP contribution in [0.5, 0.6) is 0 Å². The number of hydrogen-bond donors (Lipinski definition) is 0. The third kappa shape index (κ3) is 3.75. The van der Waals surface area contributed by atoms with Gasteiger partial charge in [-0.3, -0.25) is 9.59 Å². The van der Waals surface area contributed by atoms with E-state index in [2.05, 4.69) is 5.16 Å². The van der Waals surface area contributed by atoms with Crippen LogP contribution in [-0.2, 0) is 29.0 Å². The SMILES string of the molecule is CN(Cc1noc2c1CCCC2)C(=O)CN1CC(c2ccccc2)CC1=O. The average Bonchev–Trinajstić information content (AvgIpc) is 3.26. The van der Waals surface area contributed by atoms with E-state index < -0.39 is 0 Å². The van der Waals surface area contributed by atoms with Crippen molar-refractivity contribution in [3.8, 4) is 0 Å². The Balaban J connectivity index is 1.36. The standard InChI is InChI=1S/C21H25N3O3/c1-23(13-18-17-9-5-6-10-19(17)27-22-18)21(26)14-24-12-16(11-20(24)25)15-7-3-2-4-8-15/h2-4,7-8,16H,5-6,9-14H2,1H3. The van der Waals surface area contributed by atoms with Crippen LogP contribution in [-0.4, -0.2) is 46.9 Å². The number of benzene rings is 1. The Hall–Kier alpha value is -2.63. The number of amides is 2. The minimum atomic E-state index is -0.0652. The van der Waals surface area contributed by atoms with Gasteiger partial charge in [0.15, 0.2) is 0 Å². The third-order valence-electron chi connectivity index (χ3n) is 5.66. The fourth-order valence-electron chi connectivity index (χ4n) is 4.04. The number of aromatic nitrogens is 1. The van der Waals surface area contributed by atoms with E-state index in [0.29, 0.717) is 19.5 Å². The molecule has 1 aromatic carbocycles. The van der Waals surface area contributed by atoms with Crippen molar-refractivity contribution in [1.82, 2.24) is 15.0 Å². The zero-order valence-corrected chi connectivity index (χ0v) is 15.7. The molecule has 2 aliphatic rings. The molecule has 1 atom stereocenters. The first-order valence-electron chi connectivity index (χ1n) is 9.65. The molecular weight excluding hydrogens is 342 g/mol. The molecule has 1 unspecified atom stereocenters. The maximum absolute atomic E-state index is 12.7. The van der Waals surface area contributed by atoms with Crippen LogP contribution in [0.4, 0.5) is 0 Å². The number of fused-ring (bicyclic) bond motifs is 1. The molecule has 0 N–H and O–H groups in total. The van der Waals surface area contributed by atoms with Crippen molar-refractivity contribution in [2.45, 2.75) is 44.6 Å². The molecule has 1 fully saturated rings. The highest BCUT2D eigenvalue weighted by Crippen LogP contribution is 2.28. The number of likely N-dealkylation sites (N-methyl/N-ethyl adjacent to an activating group) is 1. The lowest BCUT2D eigenvalue weighted by molar-refractivity contribution is -0.137. The molecule has 0 spiro atoms. The van der Waals surface area contributed by atoms with Crippen molar-refractivity contribution in [2.75, 3.05) is 20.1 Å². The molecule has 142 valence electrons. The van der Waals surface area contributed by atoms with Crippen molar-refractivity contribution in [3.63, 3.8) is 0 Å². The van der Waals surface area contributed by atoms with Gasteiger partial charge in [0.1, 0.15) is 11.5 Å². The summed E-state index contributed by atoms with van der Waals surface area (Å²) < 4.78 is 5.43. The monoisotopic (exact) mass is 367 g/mol. The van der Waals surface area contributed by atoms with Crippen LogP contribution in [0.3, 0.4) is 0 Å².